The van der Waals surface area contributed by atoms with Crippen molar-refractivity contribution in [3.63, 3.8) is 0 Å². The Bertz CT molecular complexity index is 194. The van der Waals surface area contributed by atoms with Crippen LogP contribution in [0.15, 0.2) is 37.2 Å². The summed E-state index contributed by atoms with van der Waals surface area (Å²) in [6, 6.07) is 0. The summed E-state index contributed by atoms with van der Waals surface area (Å²) in [5.74, 6) is 0. The molecular formula is C10H16N2. The fourth-order valence-corrected chi connectivity index (χ4v) is 1.16. The van der Waals surface area contributed by atoms with Gasteiger partial charge < -0.3 is 9.80 Å². The summed E-state index contributed by atoms with van der Waals surface area (Å²) < 4.78 is 0. The van der Waals surface area contributed by atoms with Gasteiger partial charge in [0.1, 0.15) is 0 Å². The third-order valence-corrected chi connectivity index (χ3v) is 1.79. The second kappa shape index (κ2) is 4.65. The van der Waals surface area contributed by atoms with Gasteiger partial charge in [-0.25, -0.2) is 0 Å². The zero-order chi connectivity index (χ0) is 8.81. The van der Waals surface area contributed by atoms with Crippen molar-refractivity contribution < 1.29 is 0 Å². The van der Waals surface area contributed by atoms with Crippen LogP contribution in [0, 0.1) is 0 Å². The van der Waals surface area contributed by atoms with E-state index in [9.17, 15) is 0 Å². The van der Waals surface area contributed by atoms with E-state index in [2.05, 4.69) is 40.9 Å². The molecule has 66 valence electrons. The van der Waals surface area contributed by atoms with Crippen LogP contribution in [0.25, 0.3) is 0 Å². The molecule has 0 radical (unpaired) electrons. The standard InChI is InChI=1S/C10H16N2/c1-3-5-7-12-9-8-11(10-12)6-4-2/h3-5,8-9H,2,6-7,10H2,1H3. The lowest BCUT2D eigenvalue weighted by Crippen LogP contribution is -2.25. The molecule has 0 atom stereocenters. The van der Waals surface area contributed by atoms with Gasteiger partial charge in [-0.05, 0) is 6.92 Å². The summed E-state index contributed by atoms with van der Waals surface area (Å²) in [6.45, 7) is 8.66. The monoisotopic (exact) mass is 164 g/mol. The lowest BCUT2D eigenvalue weighted by molar-refractivity contribution is 0.300. The molecule has 0 aromatic heterocycles. The van der Waals surface area contributed by atoms with Crippen LogP contribution in [0.2, 0.25) is 0 Å². The Labute approximate surface area is 74.5 Å². The third-order valence-electron chi connectivity index (χ3n) is 1.79. The van der Waals surface area contributed by atoms with E-state index >= 15 is 0 Å². The Hall–Kier alpha value is -1.18. The van der Waals surface area contributed by atoms with Crippen molar-refractivity contribution in [3.05, 3.63) is 37.2 Å². The van der Waals surface area contributed by atoms with Crippen LogP contribution in [-0.2, 0) is 0 Å². The molecule has 0 aliphatic carbocycles. The topological polar surface area (TPSA) is 6.48 Å². The highest BCUT2D eigenvalue weighted by Gasteiger charge is 2.07. The van der Waals surface area contributed by atoms with Crippen LogP contribution in [-0.4, -0.2) is 29.6 Å². The maximum absolute atomic E-state index is 3.70. The smallest absolute Gasteiger partial charge is 0.0900 e. The predicted molar refractivity (Wildman–Crippen MR) is 52.4 cm³/mol. The van der Waals surface area contributed by atoms with Crippen LogP contribution in [0.5, 0.6) is 0 Å². The number of rotatable bonds is 4. The van der Waals surface area contributed by atoms with Crippen LogP contribution in [0.4, 0.5) is 0 Å². The molecule has 0 saturated carbocycles. The molecule has 0 saturated heterocycles. The van der Waals surface area contributed by atoms with Crippen molar-refractivity contribution in [2.24, 2.45) is 0 Å². The summed E-state index contributed by atoms with van der Waals surface area (Å²) in [7, 11) is 0. The van der Waals surface area contributed by atoms with Crippen molar-refractivity contribution in [3.8, 4) is 0 Å². The Morgan fingerprint density at radius 2 is 2.00 bits per heavy atom. The van der Waals surface area contributed by atoms with E-state index in [1.807, 2.05) is 13.0 Å². The van der Waals surface area contributed by atoms with Gasteiger partial charge in [-0.2, -0.15) is 0 Å². The molecular weight excluding hydrogens is 148 g/mol. The minimum absolute atomic E-state index is 0.933. The maximum Gasteiger partial charge on any atom is 0.0900 e. The van der Waals surface area contributed by atoms with Gasteiger partial charge in [0.2, 0.25) is 0 Å². The van der Waals surface area contributed by atoms with Gasteiger partial charge in [-0.15, -0.1) is 6.58 Å². The molecule has 1 rings (SSSR count). The molecule has 2 nitrogen and oxygen atoms in total. The molecule has 0 aromatic carbocycles. The van der Waals surface area contributed by atoms with Gasteiger partial charge in [0, 0.05) is 25.5 Å². The zero-order valence-corrected chi connectivity index (χ0v) is 7.61. The van der Waals surface area contributed by atoms with Crippen LogP contribution >= 0.6 is 0 Å². The zero-order valence-electron chi connectivity index (χ0n) is 7.61. The fraction of sp³-hybridized carbons (Fsp3) is 0.400. The van der Waals surface area contributed by atoms with E-state index in [0.717, 1.165) is 19.8 Å². The molecule has 0 amide bonds. The van der Waals surface area contributed by atoms with Gasteiger partial charge >= 0.3 is 0 Å². The Morgan fingerprint density at radius 1 is 1.33 bits per heavy atom. The molecule has 2 heteroatoms. The van der Waals surface area contributed by atoms with Crippen molar-refractivity contribution >= 4 is 0 Å². The average molecular weight is 164 g/mol. The van der Waals surface area contributed by atoms with Crippen molar-refractivity contribution in [2.45, 2.75) is 6.92 Å². The van der Waals surface area contributed by atoms with E-state index in [1.54, 1.807) is 0 Å². The number of nitrogens with zero attached hydrogens (tertiary/aromatic N) is 2. The minimum atomic E-state index is 0.933. The SMILES string of the molecule is C=CCN1C=CN(CC=CC)C1. The normalized spacial score (nSPS) is 16.4. The molecule has 1 heterocycles. The van der Waals surface area contributed by atoms with Gasteiger partial charge in [0.15, 0.2) is 0 Å². The number of hydrogen-bond donors (Lipinski definition) is 0. The van der Waals surface area contributed by atoms with E-state index in [0.29, 0.717) is 0 Å². The van der Waals surface area contributed by atoms with Gasteiger partial charge in [-0.1, -0.05) is 18.2 Å². The number of allylic oxidation sites excluding steroid dienone is 1. The second-order valence-electron chi connectivity index (χ2n) is 2.84. The van der Waals surface area contributed by atoms with E-state index in [1.165, 1.54) is 0 Å². The molecule has 0 N–H and O–H groups in total. The Balaban J connectivity index is 2.27. The van der Waals surface area contributed by atoms with Crippen LogP contribution < -0.4 is 0 Å². The van der Waals surface area contributed by atoms with E-state index in [-0.39, 0.29) is 0 Å². The lowest BCUT2D eigenvalue weighted by Gasteiger charge is -2.18. The molecule has 1 aliphatic rings. The second-order valence-corrected chi connectivity index (χ2v) is 2.84. The Morgan fingerprint density at radius 3 is 2.58 bits per heavy atom. The van der Waals surface area contributed by atoms with Gasteiger partial charge in [0.05, 0.1) is 6.67 Å². The molecule has 0 unspecified atom stereocenters. The van der Waals surface area contributed by atoms with Crippen molar-refractivity contribution in [2.75, 3.05) is 19.8 Å². The molecule has 1 aliphatic heterocycles. The van der Waals surface area contributed by atoms with Gasteiger partial charge in [0.25, 0.3) is 0 Å². The van der Waals surface area contributed by atoms with E-state index in [4.69, 9.17) is 0 Å². The average Bonchev–Trinajstić information content (AvgIpc) is 2.50. The lowest BCUT2D eigenvalue weighted by atomic mass is 10.5. The molecule has 0 aromatic rings. The third kappa shape index (κ3) is 2.46. The van der Waals surface area contributed by atoms with Crippen molar-refractivity contribution in [1.29, 1.82) is 0 Å². The molecule has 0 spiro atoms. The Kier molecular flexibility index (Phi) is 3.45. The highest BCUT2D eigenvalue weighted by Crippen LogP contribution is 2.05. The molecule has 0 bridgehead atoms. The first kappa shape index (κ1) is 8.91. The summed E-state index contributed by atoms with van der Waals surface area (Å²) in [6.07, 6.45) is 10.4. The van der Waals surface area contributed by atoms with Crippen LogP contribution in [0.1, 0.15) is 6.92 Å². The first-order valence-corrected chi connectivity index (χ1v) is 4.25. The molecule has 12 heavy (non-hydrogen) atoms. The molecule has 0 fully saturated rings. The highest BCUT2D eigenvalue weighted by molar-refractivity contribution is 4.96. The summed E-state index contributed by atoms with van der Waals surface area (Å²) >= 11 is 0. The quantitative estimate of drug-likeness (QED) is 0.584. The highest BCUT2D eigenvalue weighted by atomic mass is 15.3. The fourth-order valence-electron chi connectivity index (χ4n) is 1.16. The van der Waals surface area contributed by atoms with Crippen LogP contribution in [0.3, 0.4) is 0 Å². The first-order valence-electron chi connectivity index (χ1n) is 4.25. The predicted octanol–water partition coefficient (Wildman–Crippen LogP) is 1.79. The summed E-state index contributed by atoms with van der Waals surface area (Å²) in [5, 5.41) is 0. The van der Waals surface area contributed by atoms with Gasteiger partial charge in [-0.3, -0.25) is 0 Å². The minimum Gasteiger partial charge on any atom is -0.355 e. The largest absolute Gasteiger partial charge is 0.355 e. The first-order chi connectivity index (χ1) is 5.86. The summed E-state index contributed by atoms with van der Waals surface area (Å²) in [4.78, 5) is 4.47. The number of hydrogen-bond acceptors (Lipinski definition) is 2. The van der Waals surface area contributed by atoms with E-state index < -0.39 is 0 Å². The summed E-state index contributed by atoms with van der Waals surface area (Å²) in [5.41, 5.74) is 0. The van der Waals surface area contributed by atoms with Crippen molar-refractivity contribution in [1.82, 2.24) is 9.80 Å². The maximum atomic E-state index is 3.70.